The molecule has 3 aromatic heterocycles. The number of nitrogens with one attached hydrogen (secondary N) is 1. The lowest BCUT2D eigenvalue weighted by Gasteiger charge is -2.29. The van der Waals surface area contributed by atoms with Crippen molar-refractivity contribution in [1.82, 2.24) is 34.3 Å². The van der Waals surface area contributed by atoms with E-state index in [4.69, 9.17) is 4.98 Å². The fourth-order valence-corrected chi connectivity index (χ4v) is 6.02. The highest BCUT2D eigenvalue weighted by molar-refractivity contribution is 5.83. The summed E-state index contributed by atoms with van der Waals surface area (Å²) in [5.41, 5.74) is 3.17. The molecule has 1 saturated carbocycles. The number of carbonyl (C=O) groups excluding carboxylic acids is 1. The molecule has 0 unspecified atom stereocenters. The lowest BCUT2D eigenvalue weighted by Crippen LogP contribution is -2.41. The van der Waals surface area contributed by atoms with E-state index in [0.29, 0.717) is 48.5 Å². The Morgan fingerprint density at radius 2 is 1.88 bits per heavy atom. The molecule has 9 nitrogen and oxygen atoms in total. The van der Waals surface area contributed by atoms with Crippen molar-refractivity contribution in [2.24, 2.45) is 0 Å². The first-order chi connectivity index (χ1) is 19.8. The van der Waals surface area contributed by atoms with Gasteiger partial charge in [0.1, 0.15) is 22.9 Å². The Balaban J connectivity index is 1.27. The van der Waals surface area contributed by atoms with Crippen LogP contribution >= 0.6 is 0 Å². The Kier molecular flexibility index (Phi) is 7.37. The van der Waals surface area contributed by atoms with Crippen molar-refractivity contribution in [1.29, 1.82) is 0 Å². The smallest absolute Gasteiger partial charge is 0.237 e. The molecule has 214 valence electrons. The fraction of sp³-hybridized carbons (Fsp3) is 0.433. The highest BCUT2D eigenvalue weighted by atomic mass is 19.1. The number of halogens is 2. The number of nitrogens with zero attached hydrogens (tertiary/aromatic N) is 7. The minimum atomic E-state index is -0.643. The van der Waals surface area contributed by atoms with Crippen molar-refractivity contribution in [3.63, 3.8) is 0 Å². The number of hydrogen-bond donors (Lipinski definition) is 1. The van der Waals surface area contributed by atoms with Crippen LogP contribution in [0.4, 0.5) is 20.5 Å². The third kappa shape index (κ3) is 5.50. The molecule has 1 N–H and O–H groups in total. The Morgan fingerprint density at radius 1 is 1.07 bits per heavy atom. The van der Waals surface area contributed by atoms with Gasteiger partial charge in [0.15, 0.2) is 11.6 Å². The molecule has 1 amide bonds. The Morgan fingerprint density at radius 3 is 2.66 bits per heavy atom. The average Bonchev–Trinajstić information content (AvgIpc) is 3.30. The van der Waals surface area contributed by atoms with E-state index < -0.39 is 11.6 Å². The normalized spacial score (nSPS) is 15.9. The predicted octanol–water partition coefficient (Wildman–Crippen LogP) is 5.17. The zero-order valence-corrected chi connectivity index (χ0v) is 23.6. The highest BCUT2D eigenvalue weighted by Crippen LogP contribution is 2.35. The molecule has 0 radical (unpaired) electrons. The molecule has 41 heavy (non-hydrogen) atoms. The van der Waals surface area contributed by atoms with Crippen molar-refractivity contribution < 1.29 is 13.6 Å². The van der Waals surface area contributed by atoms with Gasteiger partial charge in [0.25, 0.3) is 0 Å². The summed E-state index contributed by atoms with van der Waals surface area (Å²) in [6.45, 7) is 3.37. The summed E-state index contributed by atoms with van der Waals surface area (Å²) >= 11 is 0. The molecule has 2 aliphatic rings. The van der Waals surface area contributed by atoms with Crippen LogP contribution in [0.25, 0.3) is 22.3 Å². The monoisotopic (exact) mass is 560 g/mol. The molecule has 1 aliphatic heterocycles. The molecule has 1 aliphatic carbocycles. The van der Waals surface area contributed by atoms with E-state index in [9.17, 15) is 4.79 Å². The highest BCUT2D eigenvalue weighted by Gasteiger charge is 2.24. The largest absolute Gasteiger partial charge is 0.337 e. The van der Waals surface area contributed by atoms with Crippen molar-refractivity contribution in [3.8, 4) is 11.3 Å². The zero-order chi connectivity index (χ0) is 28.7. The molecule has 4 aromatic rings. The van der Waals surface area contributed by atoms with Crippen LogP contribution in [-0.2, 0) is 17.8 Å². The molecule has 1 aromatic carbocycles. The van der Waals surface area contributed by atoms with E-state index in [1.807, 2.05) is 36.9 Å². The first-order valence-electron chi connectivity index (χ1n) is 14.2. The molecule has 11 heteroatoms. The number of amides is 1. The number of aryl methyl sites for hydroxylation is 1. The van der Waals surface area contributed by atoms with Gasteiger partial charge in [-0.3, -0.25) is 4.79 Å². The Labute approximate surface area is 237 Å². The lowest BCUT2D eigenvalue weighted by atomic mass is 9.95. The molecule has 6 rings (SSSR count). The molecule has 4 heterocycles. The summed E-state index contributed by atoms with van der Waals surface area (Å²) in [5.74, 6) is 0.374. The van der Waals surface area contributed by atoms with Gasteiger partial charge < -0.3 is 19.7 Å². The molecular weight excluding hydrogens is 526 g/mol. The van der Waals surface area contributed by atoms with Gasteiger partial charge in [0.05, 0.1) is 18.3 Å². The quantitative estimate of drug-likeness (QED) is 0.348. The number of anilines is 2. The number of carbonyl (C=O) groups is 1. The minimum absolute atomic E-state index is 0.00496. The number of hydrogen-bond acceptors (Lipinski definition) is 7. The van der Waals surface area contributed by atoms with Crippen LogP contribution < -0.4 is 5.32 Å². The van der Waals surface area contributed by atoms with Gasteiger partial charge in [-0.2, -0.15) is 0 Å². The second kappa shape index (κ2) is 11.1. The molecule has 1 fully saturated rings. The zero-order valence-electron chi connectivity index (χ0n) is 23.6. The molecular formula is C30H34F2N8O. The number of imidazole rings is 1. The van der Waals surface area contributed by atoms with E-state index in [0.717, 1.165) is 49.0 Å². The van der Waals surface area contributed by atoms with Crippen molar-refractivity contribution in [3.05, 3.63) is 59.2 Å². The first kappa shape index (κ1) is 27.2. The number of fused-ring (bicyclic) bond motifs is 2. The maximum atomic E-state index is 15.3. The Bertz CT molecular complexity index is 1610. The predicted molar refractivity (Wildman–Crippen MR) is 153 cm³/mol. The van der Waals surface area contributed by atoms with Crippen molar-refractivity contribution in [2.45, 2.75) is 58.0 Å². The summed E-state index contributed by atoms with van der Waals surface area (Å²) in [6, 6.07) is 7.05. The van der Waals surface area contributed by atoms with Gasteiger partial charge >= 0.3 is 0 Å². The summed E-state index contributed by atoms with van der Waals surface area (Å²) in [5, 5.41) is 3.07. The second-order valence-electron chi connectivity index (χ2n) is 11.3. The number of pyridine rings is 1. The minimum Gasteiger partial charge on any atom is -0.337 e. The topological polar surface area (TPSA) is 92.1 Å². The molecule has 0 saturated heterocycles. The van der Waals surface area contributed by atoms with Crippen LogP contribution in [0.1, 0.15) is 55.2 Å². The third-order valence-corrected chi connectivity index (χ3v) is 7.97. The summed E-state index contributed by atoms with van der Waals surface area (Å²) < 4.78 is 32.4. The van der Waals surface area contributed by atoms with Gasteiger partial charge in [-0.15, -0.1) is 0 Å². The lowest BCUT2D eigenvalue weighted by molar-refractivity contribution is -0.132. The second-order valence-corrected chi connectivity index (χ2v) is 11.3. The van der Waals surface area contributed by atoms with Gasteiger partial charge in [0, 0.05) is 36.8 Å². The maximum absolute atomic E-state index is 15.3. The summed E-state index contributed by atoms with van der Waals surface area (Å²) in [7, 11) is 3.75. The maximum Gasteiger partial charge on any atom is 0.237 e. The van der Waals surface area contributed by atoms with Crippen LogP contribution in [0.2, 0.25) is 0 Å². The molecule has 0 atom stereocenters. The first-order valence-corrected chi connectivity index (χ1v) is 14.2. The molecule has 0 spiro atoms. The van der Waals surface area contributed by atoms with Gasteiger partial charge in [0.2, 0.25) is 11.9 Å². The van der Waals surface area contributed by atoms with Crippen LogP contribution in [0.15, 0.2) is 30.5 Å². The van der Waals surface area contributed by atoms with Crippen LogP contribution in [0, 0.1) is 18.6 Å². The van der Waals surface area contributed by atoms with Crippen molar-refractivity contribution in [2.75, 3.05) is 32.5 Å². The SMILES string of the molecule is Cc1nc2c(F)cc(-c3nc(Nc4ccc5c(n4)CCN(C(=O)CN(C)C)C5)ncc3F)cc2n1C1CCCCC1. The van der Waals surface area contributed by atoms with Crippen LogP contribution in [0.5, 0.6) is 0 Å². The van der Waals surface area contributed by atoms with E-state index in [2.05, 4.69) is 24.8 Å². The number of benzene rings is 1. The molecule has 0 bridgehead atoms. The number of aromatic nitrogens is 5. The number of likely N-dealkylation sites (N-methyl/N-ethyl adjacent to an activating group) is 1. The van der Waals surface area contributed by atoms with Gasteiger partial charge in [-0.05, 0) is 57.6 Å². The van der Waals surface area contributed by atoms with E-state index in [-0.39, 0.29) is 23.6 Å². The third-order valence-electron chi connectivity index (χ3n) is 7.97. The van der Waals surface area contributed by atoms with Crippen molar-refractivity contribution >= 4 is 28.7 Å². The Hall–Kier alpha value is -3.99. The average molecular weight is 561 g/mol. The summed E-state index contributed by atoms with van der Waals surface area (Å²) in [4.78, 5) is 33.9. The fourth-order valence-electron chi connectivity index (χ4n) is 6.02. The number of rotatable bonds is 6. The van der Waals surface area contributed by atoms with E-state index >= 15 is 8.78 Å². The van der Waals surface area contributed by atoms with E-state index in [1.54, 1.807) is 12.1 Å². The van der Waals surface area contributed by atoms with Gasteiger partial charge in [-0.1, -0.05) is 25.3 Å². The standard InChI is InChI=1S/C30H34F2N8O/c1-18-34-29-22(31)13-20(14-25(29)40(18)21-7-5-4-6-8-21)28-23(32)15-33-30(37-28)36-26-10-9-19-16-39(12-11-24(19)35-26)27(41)17-38(2)3/h9-10,13-15,21H,4-8,11-12,16-17H2,1-3H3,(H,33,35,36,37). The van der Waals surface area contributed by atoms with Crippen LogP contribution in [0.3, 0.4) is 0 Å². The van der Waals surface area contributed by atoms with Crippen LogP contribution in [-0.4, -0.2) is 67.4 Å². The summed E-state index contributed by atoms with van der Waals surface area (Å²) in [6.07, 6.45) is 7.22. The van der Waals surface area contributed by atoms with E-state index in [1.165, 1.54) is 12.5 Å². The van der Waals surface area contributed by atoms with Gasteiger partial charge in [-0.25, -0.2) is 28.7 Å².